The van der Waals surface area contributed by atoms with Gasteiger partial charge in [0.25, 0.3) is 10.0 Å². The Morgan fingerprint density at radius 2 is 1.89 bits per heavy atom. The zero-order valence-corrected chi connectivity index (χ0v) is 12.4. The van der Waals surface area contributed by atoms with Crippen LogP contribution in [-0.2, 0) is 10.0 Å². The lowest BCUT2D eigenvalue weighted by Gasteiger charge is -2.21. The van der Waals surface area contributed by atoms with Gasteiger partial charge in [0.2, 0.25) is 0 Å². The van der Waals surface area contributed by atoms with Gasteiger partial charge in [0, 0.05) is 19.2 Å². The highest BCUT2D eigenvalue weighted by molar-refractivity contribution is 7.89. The molecular weight excluding hydrogens is 260 g/mol. The summed E-state index contributed by atoms with van der Waals surface area (Å²) in [5.74, 6) is 0.498. The predicted octanol–water partition coefficient (Wildman–Crippen LogP) is 2.96. The SMILES string of the molecule is C=CN(/C(CC)=N/CC)S(=O)(=O)c1ccc(C)cc1. The molecular formula is C14H20N2O2S. The molecule has 0 aliphatic heterocycles. The topological polar surface area (TPSA) is 49.7 Å². The highest BCUT2D eigenvalue weighted by Crippen LogP contribution is 2.18. The second kappa shape index (κ2) is 6.52. The number of nitrogens with zero attached hydrogens (tertiary/aromatic N) is 2. The van der Waals surface area contributed by atoms with Gasteiger partial charge in [0.1, 0.15) is 5.84 Å². The monoisotopic (exact) mass is 280 g/mol. The van der Waals surface area contributed by atoms with Crippen molar-refractivity contribution in [2.75, 3.05) is 6.54 Å². The molecule has 1 aromatic rings. The lowest BCUT2D eigenvalue weighted by Crippen LogP contribution is -2.32. The normalized spacial score (nSPS) is 12.3. The van der Waals surface area contributed by atoms with E-state index in [4.69, 9.17) is 0 Å². The van der Waals surface area contributed by atoms with Gasteiger partial charge in [0.15, 0.2) is 0 Å². The molecule has 0 N–H and O–H groups in total. The maximum absolute atomic E-state index is 12.5. The maximum Gasteiger partial charge on any atom is 0.269 e. The number of aliphatic imine (C=N–C) groups is 1. The van der Waals surface area contributed by atoms with E-state index in [1.807, 2.05) is 20.8 Å². The quantitative estimate of drug-likeness (QED) is 0.615. The van der Waals surface area contributed by atoms with Crippen LogP contribution >= 0.6 is 0 Å². The van der Waals surface area contributed by atoms with Crippen LogP contribution in [0, 0.1) is 6.92 Å². The molecule has 0 saturated heterocycles. The zero-order valence-electron chi connectivity index (χ0n) is 11.6. The van der Waals surface area contributed by atoms with Crippen molar-refractivity contribution in [2.24, 2.45) is 4.99 Å². The molecule has 0 spiro atoms. The van der Waals surface area contributed by atoms with Gasteiger partial charge < -0.3 is 0 Å². The number of hydrogen-bond donors (Lipinski definition) is 0. The molecule has 0 unspecified atom stereocenters. The molecule has 1 aromatic carbocycles. The second-order valence-corrected chi connectivity index (χ2v) is 5.86. The number of rotatable bonds is 5. The smallest absolute Gasteiger partial charge is 0.269 e. The summed E-state index contributed by atoms with van der Waals surface area (Å²) in [5.41, 5.74) is 1.02. The van der Waals surface area contributed by atoms with E-state index in [2.05, 4.69) is 11.6 Å². The van der Waals surface area contributed by atoms with Gasteiger partial charge >= 0.3 is 0 Å². The average Bonchev–Trinajstić information content (AvgIpc) is 2.38. The Balaban J connectivity index is 3.26. The van der Waals surface area contributed by atoms with Gasteiger partial charge in [-0.15, -0.1) is 0 Å². The van der Waals surface area contributed by atoms with Crippen molar-refractivity contribution in [1.82, 2.24) is 4.31 Å². The Bertz CT molecular complexity index is 560. The van der Waals surface area contributed by atoms with Crippen molar-refractivity contribution in [3.8, 4) is 0 Å². The van der Waals surface area contributed by atoms with Crippen LogP contribution in [0.2, 0.25) is 0 Å². The molecule has 0 radical (unpaired) electrons. The van der Waals surface area contributed by atoms with Crippen molar-refractivity contribution in [1.29, 1.82) is 0 Å². The summed E-state index contributed by atoms with van der Waals surface area (Å²) in [5, 5.41) is 0. The Morgan fingerprint density at radius 3 is 2.32 bits per heavy atom. The predicted molar refractivity (Wildman–Crippen MR) is 78.7 cm³/mol. The minimum atomic E-state index is -3.62. The van der Waals surface area contributed by atoms with Crippen LogP contribution in [0.3, 0.4) is 0 Å². The van der Waals surface area contributed by atoms with Gasteiger partial charge in [0.05, 0.1) is 4.90 Å². The summed E-state index contributed by atoms with van der Waals surface area (Å²) >= 11 is 0. The Morgan fingerprint density at radius 1 is 1.32 bits per heavy atom. The van der Waals surface area contributed by atoms with E-state index in [1.54, 1.807) is 24.3 Å². The molecule has 0 heterocycles. The zero-order chi connectivity index (χ0) is 14.5. The van der Waals surface area contributed by atoms with Gasteiger partial charge in [-0.2, -0.15) is 0 Å². The molecule has 0 amide bonds. The summed E-state index contributed by atoms with van der Waals surface area (Å²) in [6, 6.07) is 6.74. The molecule has 0 saturated carbocycles. The van der Waals surface area contributed by atoms with E-state index < -0.39 is 10.0 Å². The first-order chi connectivity index (χ1) is 8.97. The number of sulfonamides is 1. The molecule has 19 heavy (non-hydrogen) atoms. The highest BCUT2D eigenvalue weighted by Gasteiger charge is 2.24. The number of amidine groups is 1. The first kappa shape index (κ1) is 15.4. The molecule has 0 aliphatic carbocycles. The number of aryl methyl sites for hydroxylation is 1. The van der Waals surface area contributed by atoms with Crippen LogP contribution in [-0.4, -0.2) is 25.1 Å². The van der Waals surface area contributed by atoms with Crippen LogP contribution in [0.4, 0.5) is 0 Å². The van der Waals surface area contributed by atoms with E-state index in [1.165, 1.54) is 6.20 Å². The Hall–Kier alpha value is -1.62. The second-order valence-electron chi connectivity index (χ2n) is 4.04. The van der Waals surface area contributed by atoms with Crippen LogP contribution in [0.25, 0.3) is 0 Å². The van der Waals surface area contributed by atoms with Gasteiger partial charge in [-0.25, -0.2) is 12.7 Å². The standard InChI is InChI=1S/C14H20N2O2S/c1-5-14(15-6-2)16(7-3)19(17,18)13-10-8-12(4)9-11-13/h7-11H,3,5-6H2,1-2,4H3/b15-14+. The van der Waals surface area contributed by atoms with Crippen molar-refractivity contribution < 1.29 is 8.42 Å². The largest absolute Gasteiger partial charge is 0.271 e. The molecule has 0 aromatic heterocycles. The first-order valence-corrected chi connectivity index (χ1v) is 7.68. The molecule has 5 heteroatoms. The summed E-state index contributed by atoms with van der Waals surface area (Å²) in [7, 11) is -3.62. The molecule has 0 aliphatic rings. The van der Waals surface area contributed by atoms with Gasteiger partial charge in [-0.3, -0.25) is 4.99 Å². The van der Waals surface area contributed by atoms with Crippen LogP contribution in [0.5, 0.6) is 0 Å². The molecule has 0 fully saturated rings. The lowest BCUT2D eigenvalue weighted by molar-refractivity contribution is 0.560. The lowest BCUT2D eigenvalue weighted by atomic mass is 10.2. The molecule has 1 rings (SSSR count). The summed E-state index contributed by atoms with van der Waals surface area (Å²) in [6.45, 7) is 9.78. The van der Waals surface area contributed by atoms with E-state index in [0.29, 0.717) is 18.8 Å². The van der Waals surface area contributed by atoms with Crippen LogP contribution in [0.15, 0.2) is 46.9 Å². The van der Waals surface area contributed by atoms with Gasteiger partial charge in [-0.05, 0) is 26.0 Å². The van der Waals surface area contributed by atoms with Crippen molar-refractivity contribution in [3.05, 3.63) is 42.6 Å². The van der Waals surface area contributed by atoms with Crippen molar-refractivity contribution in [2.45, 2.75) is 32.1 Å². The molecule has 0 atom stereocenters. The third-order valence-corrected chi connectivity index (χ3v) is 4.40. The van der Waals surface area contributed by atoms with E-state index >= 15 is 0 Å². The summed E-state index contributed by atoms with van der Waals surface area (Å²) < 4.78 is 26.2. The summed E-state index contributed by atoms with van der Waals surface area (Å²) in [6.07, 6.45) is 1.83. The fourth-order valence-electron chi connectivity index (χ4n) is 1.69. The minimum Gasteiger partial charge on any atom is -0.271 e. The maximum atomic E-state index is 12.5. The molecule has 104 valence electrons. The average molecular weight is 280 g/mol. The van der Waals surface area contributed by atoms with Crippen LogP contribution in [0.1, 0.15) is 25.8 Å². The van der Waals surface area contributed by atoms with Gasteiger partial charge in [-0.1, -0.05) is 31.2 Å². The molecule has 0 bridgehead atoms. The Labute approximate surface area is 115 Å². The molecule has 4 nitrogen and oxygen atoms in total. The van der Waals surface area contributed by atoms with E-state index in [-0.39, 0.29) is 4.90 Å². The third-order valence-electron chi connectivity index (χ3n) is 2.65. The number of hydrogen-bond acceptors (Lipinski definition) is 3. The third kappa shape index (κ3) is 3.44. The first-order valence-electron chi connectivity index (χ1n) is 6.24. The van der Waals surface area contributed by atoms with Crippen molar-refractivity contribution in [3.63, 3.8) is 0 Å². The fraction of sp³-hybridized carbons (Fsp3) is 0.357. The van der Waals surface area contributed by atoms with Crippen molar-refractivity contribution >= 4 is 15.9 Å². The van der Waals surface area contributed by atoms with E-state index in [9.17, 15) is 8.42 Å². The fourth-order valence-corrected chi connectivity index (χ4v) is 3.05. The number of benzene rings is 1. The Kier molecular flexibility index (Phi) is 5.30. The van der Waals surface area contributed by atoms with E-state index in [0.717, 1.165) is 9.87 Å². The highest BCUT2D eigenvalue weighted by atomic mass is 32.2. The van der Waals surface area contributed by atoms with Crippen LogP contribution < -0.4 is 0 Å². The minimum absolute atomic E-state index is 0.246. The summed E-state index contributed by atoms with van der Waals surface area (Å²) in [4.78, 5) is 4.46.